The second kappa shape index (κ2) is 4.87. The second-order valence-corrected chi connectivity index (χ2v) is 8.00. The first kappa shape index (κ1) is 14.9. The van der Waals surface area contributed by atoms with Crippen LogP contribution >= 0.6 is 31.9 Å². The van der Waals surface area contributed by atoms with Crippen molar-refractivity contribution in [1.29, 1.82) is 0 Å². The third-order valence-electron chi connectivity index (χ3n) is 1.73. The third kappa shape index (κ3) is 3.94. The molecule has 3 N–H and O–H groups in total. The Morgan fingerprint density at radius 1 is 1.18 bits per heavy atom. The molecule has 0 aromatic heterocycles. The normalized spacial score (nSPS) is 12.8. The van der Waals surface area contributed by atoms with Gasteiger partial charge in [0.15, 0.2) is 0 Å². The van der Waals surface area contributed by atoms with E-state index >= 15 is 0 Å². The number of nitrogen functional groups attached to an aromatic ring is 1. The first-order valence-electron chi connectivity index (χ1n) is 4.81. The predicted molar refractivity (Wildman–Crippen MR) is 76.3 cm³/mol. The van der Waals surface area contributed by atoms with Gasteiger partial charge < -0.3 is 5.73 Å². The minimum absolute atomic E-state index is 0.154. The van der Waals surface area contributed by atoms with E-state index in [4.69, 9.17) is 5.73 Å². The summed E-state index contributed by atoms with van der Waals surface area (Å²) < 4.78 is 27.8. The van der Waals surface area contributed by atoms with Gasteiger partial charge in [0.1, 0.15) is 4.90 Å². The largest absolute Gasteiger partial charge is 0.399 e. The smallest absolute Gasteiger partial charge is 0.243 e. The van der Waals surface area contributed by atoms with Crippen molar-refractivity contribution in [2.45, 2.75) is 31.2 Å². The summed E-state index contributed by atoms with van der Waals surface area (Å²) in [5.41, 5.74) is 5.57. The first-order valence-corrected chi connectivity index (χ1v) is 7.88. The lowest BCUT2D eigenvalue weighted by Crippen LogP contribution is -2.40. The van der Waals surface area contributed by atoms with Crippen molar-refractivity contribution in [3.8, 4) is 0 Å². The molecule has 0 unspecified atom stereocenters. The van der Waals surface area contributed by atoms with Crippen LogP contribution in [0.2, 0.25) is 0 Å². The summed E-state index contributed by atoms with van der Waals surface area (Å²) in [7, 11) is -3.60. The van der Waals surface area contributed by atoms with E-state index in [1.807, 2.05) is 0 Å². The highest BCUT2D eigenvalue weighted by Gasteiger charge is 2.26. The Morgan fingerprint density at radius 2 is 1.59 bits per heavy atom. The Labute approximate surface area is 118 Å². The van der Waals surface area contributed by atoms with Gasteiger partial charge in [-0.25, -0.2) is 13.1 Å². The van der Waals surface area contributed by atoms with Crippen molar-refractivity contribution in [1.82, 2.24) is 4.72 Å². The highest BCUT2D eigenvalue weighted by atomic mass is 79.9. The summed E-state index contributed by atoms with van der Waals surface area (Å²) in [4.78, 5) is 0.154. The minimum atomic E-state index is -3.60. The predicted octanol–water partition coefficient (Wildman–Crippen LogP) is 2.87. The zero-order chi connectivity index (χ0) is 13.4. The molecule has 0 saturated heterocycles. The Hall–Kier alpha value is -0.110. The molecule has 17 heavy (non-hydrogen) atoms. The van der Waals surface area contributed by atoms with Crippen LogP contribution in [-0.4, -0.2) is 14.0 Å². The fraction of sp³-hybridized carbons (Fsp3) is 0.400. The number of rotatable bonds is 2. The molecule has 0 heterocycles. The SMILES string of the molecule is CC(C)(C)NS(=O)(=O)c1c(Br)cc(N)cc1Br. The minimum Gasteiger partial charge on any atom is -0.399 e. The van der Waals surface area contributed by atoms with Gasteiger partial charge in [0.05, 0.1) is 0 Å². The van der Waals surface area contributed by atoms with Crippen LogP contribution in [0.15, 0.2) is 26.0 Å². The van der Waals surface area contributed by atoms with Crippen LogP contribution in [0.1, 0.15) is 20.8 Å². The van der Waals surface area contributed by atoms with Crippen LogP contribution in [0, 0.1) is 0 Å². The van der Waals surface area contributed by atoms with E-state index in [1.54, 1.807) is 32.9 Å². The number of benzene rings is 1. The summed E-state index contributed by atoms with van der Waals surface area (Å²) in [5.74, 6) is 0. The molecule has 0 amide bonds. The van der Waals surface area contributed by atoms with Crippen molar-refractivity contribution in [3.63, 3.8) is 0 Å². The van der Waals surface area contributed by atoms with Gasteiger partial charge in [0, 0.05) is 20.2 Å². The van der Waals surface area contributed by atoms with Crippen LogP contribution in [-0.2, 0) is 10.0 Å². The fourth-order valence-corrected chi connectivity index (χ4v) is 5.33. The number of hydrogen-bond donors (Lipinski definition) is 2. The van der Waals surface area contributed by atoms with E-state index in [2.05, 4.69) is 36.6 Å². The highest BCUT2D eigenvalue weighted by molar-refractivity contribution is 9.11. The molecule has 1 aromatic carbocycles. The zero-order valence-electron chi connectivity index (χ0n) is 9.71. The average Bonchev–Trinajstić information content (AvgIpc) is 1.93. The van der Waals surface area contributed by atoms with Crippen molar-refractivity contribution in [3.05, 3.63) is 21.1 Å². The summed E-state index contributed by atoms with van der Waals surface area (Å²) in [6.45, 7) is 5.34. The molecule has 1 rings (SSSR count). The molecule has 0 saturated carbocycles. The third-order valence-corrected chi connectivity index (χ3v) is 5.36. The summed E-state index contributed by atoms with van der Waals surface area (Å²) >= 11 is 6.42. The molecule has 1 aromatic rings. The summed E-state index contributed by atoms with van der Waals surface area (Å²) in [5, 5.41) is 0. The number of anilines is 1. The van der Waals surface area contributed by atoms with Gasteiger partial charge in [-0.1, -0.05) is 0 Å². The molecule has 7 heteroatoms. The van der Waals surface area contributed by atoms with Crippen molar-refractivity contribution in [2.24, 2.45) is 0 Å². The van der Waals surface area contributed by atoms with Gasteiger partial charge >= 0.3 is 0 Å². The molecule has 96 valence electrons. The molecule has 0 atom stereocenters. The maximum Gasteiger partial charge on any atom is 0.243 e. The van der Waals surface area contributed by atoms with Gasteiger partial charge in [0.2, 0.25) is 10.0 Å². The Morgan fingerprint density at radius 3 is 1.94 bits per heavy atom. The second-order valence-electron chi connectivity index (χ2n) is 4.67. The van der Waals surface area contributed by atoms with Gasteiger partial charge in [-0.15, -0.1) is 0 Å². The quantitative estimate of drug-likeness (QED) is 0.768. The highest BCUT2D eigenvalue weighted by Crippen LogP contribution is 2.32. The lowest BCUT2D eigenvalue weighted by Gasteiger charge is -2.21. The molecular formula is C10H14Br2N2O2S. The van der Waals surface area contributed by atoms with Gasteiger partial charge in [0.25, 0.3) is 0 Å². The Kier molecular flexibility index (Phi) is 4.28. The van der Waals surface area contributed by atoms with E-state index < -0.39 is 15.6 Å². The van der Waals surface area contributed by atoms with E-state index in [-0.39, 0.29) is 4.90 Å². The van der Waals surface area contributed by atoms with Crippen molar-refractivity contribution in [2.75, 3.05) is 5.73 Å². The molecule has 0 spiro atoms. The molecule has 0 aliphatic heterocycles. The van der Waals surface area contributed by atoms with Crippen molar-refractivity contribution >= 4 is 47.6 Å². The first-order chi connectivity index (χ1) is 7.53. The molecule has 0 aliphatic carbocycles. The molecular weight excluding hydrogens is 372 g/mol. The van der Waals surface area contributed by atoms with Gasteiger partial charge in [-0.3, -0.25) is 0 Å². The average molecular weight is 386 g/mol. The number of nitrogens with one attached hydrogen (secondary N) is 1. The summed E-state index contributed by atoms with van der Waals surface area (Å²) in [6, 6.07) is 3.12. The molecule has 4 nitrogen and oxygen atoms in total. The number of halogens is 2. The number of nitrogens with two attached hydrogens (primary N) is 1. The Bertz CT molecular complexity index is 513. The maximum atomic E-state index is 12.2. The molecule has 0 aliphatic rings. The Balaban J connectivity index is 3.35. The standard InChI is InChI=1S/C10H14Br2N2O2S/c1-10(2,3)14-17(15,16)9-7(11)4-6(13)5-8(9)12/h4-5,14H,13H2,1-3H3. The lowest BCUT2D eigenvalue weighted by atomic mass is 10.1. The number of sulfonamides is 1. The van der Waals surface area contributed by atoms with Crippen LogP contribution in [0.4, 0.5) is 5.69 Å². The van der Waals surface area contributed by atoms with Crippen molar-refractivity contribution < 1.29 is 8.42 Å². The molecule has 0 fully saturated rings. The van der Waals surface area contributed by atoms with Gasteiger partial charge in [-0.05, 0) is 64.8 Å². The van der Waals surface area contributed by atoms with E-state index in [0.29, 0.717) is 14.6 Å². The van der Waals surface area contributed by atoms with E-state index in [0.717, 1.165) is 0 Å². The fourth-order valence-electron chi connectivity index (χ4n) is 1.29. The lowest BCUT2D eigenvalue weighted by molar-refractivity contribution is 0.491. The topological polar surface area (TPSA) is 72.2 Å². The van der Waals surface area contributed by atoms with Crippen LogP contribution in [0.3, 0.4) is 0 Å². The maximum absolute atomic E-state index is 12.2. The van der Waals surface area contributed by atoms with E-state index in [1.165, 1.54) is 0 Å². The van der Waals surface area contributed by atoms with Crippen LogP contribution < -0.4 is 10.5 Å². The van der Waals surface area contributed by atoms with Crippen LogP contribution in [0.5, 0.6) is 0 Å². The zero-order valence-corrected chi connectivity index (χ0v) is 13.7. The summed E-state index contributed by atoms with van der Waals surface area (Å²) in [6.07, 6.45) is 0. The molecule has 0 bridgehead atoms. The van der Waals surface area contributed by atoms with Gasteiger partial charge in [-0.2, -0.15) is 0 Å². The van der Waals surface area contributed by atoms with Crippen LogP contribution in [0.25, 0.3) is 0 Å². The van der Waals surface area contributed by atoms with E-state index in [9.17, 15) is 8.42 Å². The molecule has 0 radical (unpaired) electrons. The monoisotopic (exact) mass is 384 g/mol. The number of hydrogen-bond acceptors (Lipinski definition) is 3.